The van der Waals surface area contributed by atoms with E-state index in [9.17, 15) is 10.5 Å². The first kappa shape index (κ1) is 29.1. The van der Waals surface area contributed by atoms with Crippen molar-refractivity contribution in [1.82, 2.24) is 19.5 Å². The maximum atomic E-state index is 10.4. The normalized spacial score (nSPS) is 11.0. The maximum absolute atomic E-state index is 10.4. The molecular weight excluding hydrogens is 603 g/mol. The average Bonchev–Trinajstić information content (AvgIpc) is 3.47. The van der Waals surface area contributed by atoms with Crippen LogP contribution in [0.2, 0.25) is 0 Å². The van der Waals surface area contributed by atoms with E-state index >= 15 is 0 Å². The summed E-state index contributed by atoms with van der Waals surface area (Å²) >= 11 is 2.83. The van der Waals surface area contributed by atoms with Crippen molar-refractivity contribution in [3.63, 3.8) is 0 Å². The molecule has 0 N–H and O–H groups in total. The lowest BCUT2D eigenvalue weighted by molar-refractivity contribution is 1.07. The summed E-state index contributed by atoms with van der Waals surface area (Å²) in [7, 11) is 0. The molecule has 8 rings (SSSR count). The predicted molar refractivity (Wildman–Crippen MR) is 191 cm³/mol. The Morgan fingerprint density at radius 1 is 0.521 bits per heavy atom. The number of benzene rings is 6. The van der Waals surface area contributed by atoms with Crippen LogP contribution in [0.5, 0.6) is 0 Å². The SMILES string of the molecule is N#Cc1ccc2c(c1)c1cc(-c3c(C#N)cccc3-c3nc(-c4ccccc4)nc(-c4ccccc4)n3)ccc1n2-c1cccc[c]1[Al]. The van der Waals surface area contributed by atoms with E-state index in [0.29, 0.717) is 28.6 Å². The molecule has 2 aromatic heterocycles. The van der Waals surface area contributed by atoms with Crippen LogP contribution >= 0.6 is 0 Å². The van der Waals surface area contributed by atoms with Crippen molar-refractivity contribution in [3.05, 3.63) is 151 Å². The Balaban J connectivity index is 1.40. The lowest BCUT2D eigenvalue weighted by Gasteiger charge is -2.14. The van der Waals surface area contributed by atoms with Gasteiger partial charge in [-0.1, -0.05) is 97.1 Å². The van der Waals surface area contributed by atoms with Gasteiger partial charge in [0.25, 0.3) is 0 Å². The van der Waals surface area contributed by atoms with Crippen LogP contribution in [0.25, 0.3) is 72.8 Å². The molecule has 7 heteroatoms. The molecule has 6 aromatic carbocycles. The molecule has 0 bridgehead atoms. The van der Waals surface area contributed by atoms with Gasteiger partial charge in [0.05, 0.1) is 34.3 Å². The summed E-state index contributed by atoms with van der Waals surface area (Å²) in [6.07, 6.45) is 0. The Morgan fingerprint density at radius 3 is 1.77 bits per heavy atom. The molecule has 2 heterocycles. The highest BCUT2D eigenvalue weighted by Crippen LogP contribution is 2.39. The summed E-state index contributed by atoms with van der Waals surface area (Å²) in [5.74, 6) is 1.57. The molecule has 220 valence electrons. The molecule has 0 unspecified atom stereocenters. The zero-order valence-electron chi connectivity index (χ0n) is 25.5. The van der Waals surface area contributed by atoms with Crippen molar-refractivity contribution >= 4 is 42.5 Å². The molecule has 0 aliphatic carbocycles. The highest BCUT2D eigenvalue weighted by molar-refractivity contribution is 6.35. The minimum Gasteiger partial charge on any atom is -0.311 e. The summed E-state index contributed by atoms with van der Waals surface area (Å²) in [6, 6.07) is 50.3. The molecular formula is C41H23AlN6. The lowest BCUT2D eigenvalue weighted by Crippen LogP contribution is -2.11. The first-order valence-corrected chi connectivity index (χ1v) is 15.9. The van der Waals surface area contributed by atoms with E-state index in [1.165, 1.54) is 0 Å². The summed E-state index contributed by atoms with van der Waals surface area (Å²) in [6.45, 7) is 0. The first-order chi connectivity index (χ1) is 23.6. The zero-order valence-corrected chi connectivity index (χ0v) is 26.7. The maximum Gasteiger partial charge on any atom is 0.179 e. The van der Waals surface area contributed by atoms with Gasteiger partial charge in [-0.15, -0.1) is 4.43 Å². The van der Waals surface area contributed by atoms with E-state index in [0.717, 1.165) is 59.7 Å². The first-order valence-electron chi connectivity index (χ1n) is 15.4. The molecule has 0 saturated carbocycles. The van der Waals surface area contributed by atoms with Crippen LogP contribution in [-0.2, 0) is 0 Å². The Bertz CT molecular complexity index is 2540. The monoisotopic (exact) mass is 626 g/mol. The van der Waals surface area contributed by atoms with Gasteiger partial charge in [-0.3, -0.25) is 0 Å². The second-order valence-electron chi connectivity index (χ2n) is 11.3. The van der Waals surface area contributed by atoms with Crippen molar-refractivity contribution in [2.75, 3.05) is 0 Å². The molecule has 0 atom stereocenters. The molecule has 0 aliphatic heterocycles. The topological polar surface area (TPSA) is 91.2 Å². The van der Waals surface area contributed by atoms with Gasteiger partial charge in [-0.25, -0.2) is 15.0 Å². The largest absolute Gasteiger partial charge is 0.311 e. The van der Waals surface area contributed by atoms with Gasteiger partial charge < -0.3 is 4.57 Å². The number of fused-ring (bicyclic) bond motifs is 3. The van der Waals surface area contributed by atoms with Crippen molar-refractivity contribution in [3.8, 4) is 63.1 Å². The number of hydrogen-bond acceptors (Lipinski definition) is 5. The Morgan fingerprint density at radius 2 is 1.12 bits per heavy atom. The number of para-hydroxylation sites is 1. The Hall–Kier alpha value is -6.36. The molecule has 6 nitrogen and oxygen atoms in total. The van der Waals surface area contributed by atoms with E-state index in [4.69, 9.17) is 15.0 Å². The fourth-order valence-electron chi connectivity index (χ4n) is 6.27. The molecule has 0 aliphatic rings. The molecule has 0 fully saturated rings. The van der Waals surface area contributed by atoms with Crippen LogP contribution in [0.15, 0.2) is 140 Å². The van der Waals surface area contributed by atoms with Gasteiger partial charge in [-0.05, 0) is 48.0 Å². The number of nitrogens with zero attached hydrogens (tertiary/aromatic N) is 6. The van der Waals surface area contributed by atoms with Crippen molar-refractivity contribution < 1.29 is 0 Å². The van der Waals surface area contributed by atoms with Gasteiger partial charge in [0.2, 0.25) is 0 Å². The number of hydrogen-bond donors (Lipinski definition) is 0. The molecule has 0 amide bonds. The third kappa shape index (κ3) is 5.02. The Kier molecular flexibility index (Phi) is 7.33. The van der Waals surface area contributed by atoms with E-state index < -0.39 is 0 Å². The quantitative estimate of drug-likeness (QED) is 0.180. The van der Waals surface area contributed by atoms with E-state index in [1.54, 1.807) is 0 Å². The fraction of sp³-hybridized carbons (Fsp3) is 0. The van der Waals surface area contributed by atoms with Gasteiger partial charge >= 0.3 is 0 Å². The summed E-state index contributed by atoms with van der Waals surface area (Å²) in [5, 5.41) is 22.1. The van der Waals surface area contributed by atoms with Crippen LogP contribution in [-0.4, -0.2) is 35.8 Å². The minimum absolute atomic E-state index is 0.473. The highest BCUT2D eigenvalue weighted by Gasteiger charge is 2.20. The van der Waals surface area contributed by atoms with Crippen LogP contribution in [0.1, 0.15) is 11.1 Å². The second kappa shape index (κ2) is 12.1. The van der Waals surface area contributed by atoms with Crippen LogP contribution in [0.3, 0.4) is 0 Å². The van der Waals surface area contributed by atoms with Crippen molar-refractivity contribution in [2.45, 2.75) is 0 Å². The van der Waals surface area contributed by atoms with Crippen LogP contribution < -0.4 is 4.43 Å². The molecule has 0 spiro atoms. The standard InChI is InChI=1S/C41H23N6.Al/c42-25-27-19-21-36-34(23-27)35-24-30(20-22-37(35)47(36)32-16-8-3-9-17-32)38-31(26-43)15-10-18-33(38)41-45-39(28-11-4-1-5-12-28)44-40(46-41)29-13-6-2-7-14-29;/h1-16,18-24H;. The van der Waals surface area contributed by atoms with Gasteiger partial charge in [0, 0.05) is 38.7 Å². The predicted octanol–water partition coefficient (Wildman–Crippen LogP) is 8.17. The van der Waals surface area contributed by atoms with E-state index in [-0.39, 0.29) is 0 Å². The lowest BCUT2D eigenvalue weighted by atomic mass is 9.93. The summed E-state index contributed by atoms with van der Waals surface area (Å²) in [4.78, 5) is 14.8. The minimum atomic E-state index is 0.473. The van der Waals surface area contributed by atoms with Crippen LogP contribution in [0, 0.1) is 22.7 Å². The highest BCUT2D eigenvalue weighted by atomic mass is 27.0. The van der Waals surface area contributed by atoms with Gasteiger partial charge in [0.1, 0.15) is 0 Å². The second-order valence-corrected chi connectivity index (χ2v) is 12.0. The van der Waals surface area contributed by atoms with Gasteiger partial charge in [-0.2, -0.15) is 10.5 Å². The number of nitriles is 2. The van der Waals surface area contributed by atoms with E-state index in [1.807, 2.05) is 115 Å². The van der Waals surface area contributed by atoms with Crippen molar-refractivity contribution in [1.29, 1.82) is 10.5 Å². The van der Waals surface area contributed by atoms with Crippen LogP contribution in [0.4, 0.5) is 0 Å². The molecule has 8 aromatic rings. The third-order valence-electron chi connectivity index (χ3n) is 8.49. The van der Waals surface area contributed by atoms with E-state index in [2.05, 4.69) is 57.3 Å². The van der Waals surface area contributed by atoms with Crippen molar-refractivity contribution in [2.24, 2.45) is 0 Å². The summed E-state index contributed by atoms with van der Waals surface area (Å²) < 4.78 is 3.28. The fourth-order valence-corrected chi connectivity index (χ4v) is 6.61. The third-order valence-corrected chi connectivity index (χ3v) is 8.97. The molecule has 48 heavy (non-hydrogen) atoms. The van der Waals surface area contributed by atoms with Gasteiger partial charge in [0.15, 0.2) is 33.8 Å². The molecule has 0 saturated heterocycles. The average molecular weight is 627 g/mol. The zero-order chi connectivity index (χ0) is 32.6. The number of rotatable bonds is 5. The Labute approximate surface area is 285 Å². The smallest absolute Gasteiger partial charge is 0.179 e. The summed E-state index contributed by atoms with van der Waals surface area (Å²) in [5.41, 5.74) is 8.14. The molecule has 2 radical (unpaired) electrons. The number of aromatic nitrogens is 4.